The van der Waals surface area contributed by atoms with E-state index in [1.807, 2.05) is 0 Å². The molecule has 11 heteroatoms. The summed E-state index contributed by atoms with van der Waals surface area (Å²) >= 11 is 11.6. The number of aromatic nitrogens is 3. The zero-order valence-electron chi connectivity index (χ0n) is 9.81. The van der Waals surface area contributed by atoms with Gasteiger partial charge in [-0.15, -0.1) is 5.10 Å². The Morgan fingerprint density at radius 1 is 1.29 bits per heavy atom. The number of alkyl halides is 5. The number of rotatable bonds is 3. The smallest absolute Gasteiger partial charge is 0.243 e. The molecular formula is C10H5Cl2F4N3OS. The predicted octanol–water partition coefficient (Wildman–Crippen LogP) is 3.64. The van der Waals surface area contributed by atoms with Crippen molar-refractivity contribution in [1.82, 2.24) is 14.6 Å². The number of halogens is 6. The van der Waals surface area contributed by atoms with Gasteiger partial charge in [0.1, 0.15) is 0 Å². The molecule has 0 amide bonds. The van der Waals surface area contributed by atoms with E-state index in [0.717, 1.165) is 12.1 Å². The Balaban J connectivity index is 2.59. The molecule has 0 aliphatic rings. The maximum Gasteiger partial charge on any atom is 0.416 e. The Bertz CT molecular complexity index is 713. The third-order valence-electron chi connectivity index (χ3n) is 2.34. The average Bonchev–Trinajstić information content (AvgIpc) is 2.63. The second kappa shape index (κ2) is 5.90. The van der Waals surface area contributed by atoms with E-state index in [-0.39, 0.29) is 10.8 Å². The van der Waals surface area contributed by atoms with Crippen molar-refractivity contribution in [2.24, 2.45) is 0 Å². The average molecular weight is 362 g/mol. The largest absolute Gasteiger partial charge is 0.416 e. The van der Waals surface area contributed by atoms with Crippen molar-refractivity contribution in [3.63, 3.8) is 0 Å². The van der Waals surface area contributed by atoms with Crippen LogP contribution in [-0.4, -0.2) is 18.7 Å². The molecule has 0 saturated heterocycles. The molecule has 0 saturated carbocycles. The lowest BCUT2D eigenvalue weighted by atomic mass is 10.2. The van der Waals surface area contributed by atoms with Crippen LogP contribution in [0.15, 0.2) is 34.2 Å². The molecule has 0 aliphatic heterocycles. The number of hydrogen-bond acceptors (Lipinski definition) is 3. The Kier molecular flexibility index (Phi) is 4.54. The second-order valence-electron chi connectivity index (χ2n) is 3.69. The molecule has 4 nitrogen and oxygen atoms in total. The van der Waals surface area contributed by atoms with Gasteiger partial charge >= 0.3 is 11.9 Å². The zero-order valence-corrected chi connectivity index (χ0v) is 12.1. The van der Waals surface area contributed by atoms with Crippen molar-refractivity contribution in [2.75, 3.05) is 0 Å². The zero-order chi connectivity index (χ0) is 15.8. The minimum absolute atomic E-state index is 0.199. The molecule has 0 unspecified atom stereocenters. The topological polar surface area (TPSA) is 39.8 Å². The van der Waals surface area contributed by atoms with Gasteiger partial charge in [0.15, 0.2) is 4.17 Å². The van der Waals surface area contributed by atoms with Crippen molar-refractivity contribution in [1.29, 1.82) is 0 Å². The molecule has 0 aliphatic carbocycles. The van der Waals surface area contributed by atoms with E-state index >= 15 is 0 Å². The van der Waals surface area contributed by atoms with Crippen LogP contribution in [0.3, 0.4) is 0 Å². The maximum absolute atomic E-state index is 13.2. The summed E-state index contributed by atoms with van der Waals surface area (Å²) in [4.78, 5) is 11.1. The van der Waals surface area contributed by atoms with Crippen LogP contribution in [0.1, 0.15) is 5.56 Å². The third-order valence-corrected chi connectivity index (χ3v) is 3.53. The van der Waals surface area contributed by atoms with Crippen LogP contribution in [0.5, 0.6) is 0 Å². The van der Waals surface area contributed by atoms with Crippen molar-refractivity contribution in [3.8, 4) is 5.69 Å². The van der Waals surface area contributed by atoms with Gasteiger partial charge in [-0.3, -0.25) is 0 Å². The van der Waals surface area contributed by atoms with E-state index in [2.05, 4.69) is 5.10 Å². The van der Waals surface area contributed by atoms with E-state index in [1.54, 1.807) is 0 Å². The van der Waals surface area contributed by atoms with Crippen LogP contribution in [0.4, 0.5) is 17.7 Å². The van der Waals surface area contributed by atoms with Gasteiger partial charge in [0.2, 0.25) is 5.16 Å². The summed E-state index contributed by atoms with van der Waals surface area (Å²) in [6.45, 7) is 0. The van der Waals surface area contributed by atoms with Gasteiger partial charge in [-0.1, -0.05) is 33.7 Å². The Morgan fingerprint density at radius 3 is 2.52 bits per heavy atom. The highest BCUT2D eigenvalue weighted by Gasteiger charge is 2.31. The van der Waals surface area contributed by atoms with Crippen LogP contribution in [0.25, 0.3) is 5.69 Å². The first-order chi connectivity index (χ1) is 9.70. The highest BCUT2D eigenvalue weighted by Crippen LogP contribution is 2.32. The minimum atomic E-state index is -4.60. The molecule has 1 aromatic heterocycles. The Morgan fingerprint density at radius 2 is 1.95 bits per heavy atom. The number of benzene rings is 1. The van der Waals surface area contributed by atoms with E-state index < -0.39 is 26.5 Å². The highest BCUT2D eigenvalue weighted by molar-refractivity contribution is 8.02. The molecule has 0 N–H and O–H groups in total. The number of thioether (sulfide) groups is 1. The molecule has 0 bridgehead atoms. The Hall–Kier alpha value is -1.19. The van der Waals surface area contributed by atoms with E-state index in [4.69, 9.17) is 23.2 Å². The number of hydrogen-bond donors (Lipinski definition) is 0. The summed E-state index contributed by atoms with van der Waals surface area (Å²) in [6, 6.07) is 3.82. The first kappa shape index (κ1) is 16.2. The maximum atomic E-state index is 13.2. The molecule has 2 rings (SSSR count). The van der Waals surface area contributed by atoms with Gasteiger partial charge in [0, 0.05) is 0 Å². The third kappa shape index (κ3) is 3.53. The normalized spacial score (nSPS) is 12.1. The standard InChI is InChI=1S/C10H5Cl2F4N3OS/c11-7(12)21-8-17-19(16)9(20)18(8)6-3-1-2-5(4-6)10(13,14)15/h1-4,7H. The fraction of sp³-hybridized carbons (Fsp3) is 0.200. The van der Waals surface area contributed by atoms with Gasteiger partial charge in [0.05, 0.1) is 11.3 Å². The molecule has 0 spiro atoms. The summed E-state index contributed by atoms with van der Waals surface area (Å²) in [5.41, 5.74) is -2.44. The first-order valence-electron chi connectivity index (χ1n) is 5.21. The van der Waals surface area contributed by atoms with Gasteiger partial charge in [-0.05, 0) is 34.9 Å². The fourth-order valence-electron chi connectivity index (χ4n) is 1.53. The second-order valence-corrected chi connectivity index (χ2v) is 6.37. The highest BCUT2D eigenvalue weighted by atomic mass is 35.5. The summed E-state index contributed by atoms with van der Waals surface area (Å²) in [7, 11) is 0. The molecule has 21 heavy (non-hydrogen) atoms. The van der Waals surface area contributed by atoms with Crippen LogP contribution in [0.2, 0.25) is 0 Å². The van der Waals surface area contributed by atoms with E-state index in [9.17, 15) is 22.4 Å². The monoisotopic (exact) mass is 361 g/mol. The van der Waals surface area contributed by atoms with Crippen LogP contribution in [0, 0.1) is 0 Å². The van der Waals surface area contributed by atoms with E-state index in [0.29, 0.717) is 22.4 Å². The summed E-state index contributed by atoms with van der Waals surface area (Å²) in [6.07, 6.45) is -4.60. The molecule has 2 aromatic rings. The van der Waals surface area contributed by atoms with Crippen LogP contribution >= 0.6 is 35.0 Å². The van der Waals surface area contributed by atoms with Crippen LogP contribution < -0.4 is 5.69 Å². The van der Waals surface area contributed by atoms with Gasteiger partial charge in [0.25, 0.3) is 0 Å². The lowest BCUT2D eigenvalue weighted by molar-refractivity contribution is -0.137. The predicted molar refractivity (Wildman–Crippen MR) is 70.7 cm³/mol. The lowest BCUT2D eigenvalue weighted by Crippen LogP contribution is -2.20. The Labute approximate surface area is 129 Å². The molecule has 0 radical (unpaired) electrons. The molecule has 0 atom stereocenters. The summed E-state index contributed by atoms with van der Waals surface area (Å²) in [5, 5.41) is 2.97. The van der Waals surface area contributed by atoms with Gasteiger partial charge in [-0.2, -0.15) is 13.2 Å². The van der Waals surface area contributed by atoms with Crippen molar-refractivity contribution in [2.45, 2.75) is 15.5 Å². The number of nitrogens with zero attached hydrogens (tertiary/aromatic N) is 3. The molecule has 0 fully saturated rings. The van der Waals surface area contributed by atoms with Crippen molar-refractivity contribution < 1.29 is 17.7 Å². The van der Waals surface area contributed by atoms with Gasteiger partial charge < -0.3 is 0 Å². The quantitative estimate of drug-likeness (QED) is 0.476. The summed E-state index contributed by atoms with van der Waals surface area (Å²) < 4.78 is 50.8. The SMILES string of the molecule is O=c1n(F)nc(SC(Cl)Cl)n1-c1cccc(C(F)(F)F)c1. The molecule has 1 aromatic carbocycles. The van der Waals surface area contributed by atoms with Crippen LogP contribution in [-0.2, 0) is 6.18 Å². The molecular weight excluding hydrogens is 357 g/mol. The van der Waals surface area contributed by atoms with Crippen molar-refractivity contribution in [3.05, 3.63) is 40.3 Å². The summed E-state index contributed by atoms with van der Waals surface area (Å²) in [5.74, 6) is 0. The molecule has 1 heterocycles. The van der Waals surface area contributed by atoms with E-state index in [1.165, 1.54) is 6.07 Å². The van der Waals surface area contributed by atoms with Gasteiger partial charge in [-0.25, -0.2) is 9.36 Å². The minimum Gasteiger partial charge on any atom is -0.243 e. The molecule has 114 valence electrons. The lowest BCUT2D eigenvalue weighted by Gasteiger charge is -2.10. The van der Waals surface area contributed by atoms with Crippen molar-refractivity contribution >= 4 is 35.0 Å². The fourth-order valence-corrected chi connectivity index (χ4v) is 2.57. The first-order valence-corrected chi connectivity index (χ1v) is 6.96.